The van der Waals surface area contributed by atoms with Crippen molar-refractivity contribution in [1.29, 1.82) is 0 Å². The molecule has 7 heteroatoms. The van der Waals surface area contributed by atoms with Crippen molar-refractivity contribution in [2.45, 2.75) is 32.5 Å². The summed E-state index contributed by atoms with van der Waals surface area (Å²) in [6, 6.07) is 7.95. The number of rotatable bonds is 4. The van der Waals surface area contributed by atoms with Crippen LogP contribution >= 0.6 is 0 Å². The summed E-state index contributed by atoms with van der Waals surface area (Å²) in [5.41, 5.74) is 1.31. The van der Waals surface area contributed by atoms with E-state index in [2.05, 4.69) is 15.1 Å². The number of H-pyrrole nitrogens is 2. The second-order valence-electron chi connectivity index (χ2n) is 6.35. The molecule has 0 amide bonds. The minimum atomic E-state index is -0.857. The summed E-state index contributed by atoms with van der Waals surface area (Å²) in [6.07, 6.45) is 2.08. The van der Waals surface area contributed by atoms with Crippen molar-refractivity contribution in [2.75, 3.05) is 0 Å². The Kier molecular flexibility index (Phi) is 3.37. The number of nitrogens with zero attached hydrogens (tertiary/aromatic N) is 2. The Bertz CT molecular complexity index is 1010. The number of nitrogens with one attached hydrogen (secondary N) is 2. The molecule has 6 nitrogen and oxygen atoms in total. The first-order valence-electron chi connectivity index (χ1n) is 7.94. The highest BCUT2D eigenvalue weighted by molar-refractivity contribution is 5.77. The molecule has 1 saturated carbocycles. The Labute approximate surface area is 136 Å². The third kappa shape index (κ3) is 2.36. The Morgan fingerprint density at radius 3 is 2.58 bits per heavy atom. The summed E-state index contributed by atoms with van der Waals surface area (Å²) in [4.78, 5) is 28.5. The molecule has 0 spiro atoms. The Morgan fingerprint density at radius 1 is 1.25 bits per heavy atom. The zero-order valence-corrected chi connectivity index (χ0v) is 13.2. The maximum absolute atomic E-state index is 13.4. The maximum atomic E-state index is 13.4. The molecule has 1 aromatic carbocycles. The molecule has 1 aliphatic carbocycles. The first kappa shape index (κ1) is 14.9. The fourth-order valence-corrected chi connectivity index (χ4v) is 3.23. The lowest BCUT2D eigenvalue weighted by Gasteiger charge is -2.18. The topological polar surface area (TPSA) is 83.5 Å². The number of fused-ring (bicyclic) bond motifs is 1. The van der Waals surface area contributed by atoms with Gasteiger partial charge in [-0.05, 0) is 31.2 Å². The quantitative estimate of drug-likeness (QED) is 0.770. The van der Waals surface area contributed by atoms with Crippen LogP contribution in [0.1, 0.15) is 35.7 Å². The number of aromatic nitrogens is 4. The SMILES string of the molecule is Cc1ccc(C(C2CC2)n2nc(CF)c3c(=O)[nH]c(=O)[nH]c32)cc1. The van der Waals surface area contributed by atoms with Gasteiger partial charge >= 0.3 is 5.69 Å². The van der Waals surface area contributed by atoms with Crippen LogP contribution in [0.5, 0.6) is 0 Å². The van der Waals surface area contributed by atoms with Gasteiger partial charge < -0.3 is 0 Å². The minimum Gasteiger partial charge on any atom is -0.291 e. The van der Waals surface area contributed by atoms with Gasteiger partial charge in [0.25, 0.3) is 5.56 Å². The Balaban J connectivity index is 1.98. The molecule has 3 aromatic rings. The van der Waals surface area contributed by atoms with Gasteiger partial charge in [0.05, 0.1) is 6.04 Å². The van der Waals surface area contributed by atoms with E-state index in [1.807, 2.05) is 31.2 Å². The van der Waals surface area contributed by atoms with Crippen LogP contribution in [0.15, 0.2) is 33.9 Å². The highest BCUT2D eigenvalue weighted by atomic mass is 19.1. The summed E-state index contributed by atoms with van der Waals surface area (Å²) in [6.45, 7) is 1.15. The van der Waals surface area contributed by atoms with Gasteiger partial charge in [-0.3, -0.25) is 14.8 Å². The van der Waals surface area contributed by atoms with E-state index in [9.17, 15) is 14.0 Å². The molecule has 1 fully saturated rings. The lowest BCUT2D eigenvalue weighted by atomic mass is 10.0. The van der Waals surface area contributed by atoms with Gasteiger partial charge in [0.1, 0.15) is 23.4 Å². The van der Waals surface area contributed by atoms with E-state index in [1.165, 1.54) is 0 Å². The molecule has 1 unspecified atom stereocenters. The van der Waals surface area contributed by atoms with E-state index >= 15 is 0 Å². The molecule has 0 bridgehead atoms. The van der Waals surface area contributed by atoms with E-state index < -0.39 is 17.9 Å². The van der Waals surface area contributed by atoms with Crippen LogP contribution in [0.3, 0.4) is 0 Å². The minimum absolute atomic E-state index is 0.0558. The molecule has 2 N–H and O–H groups in total. The van der Waals surface area contributed by atoms with Gasteiger partial charge in [-0.25, -0.2) is 13.9 Å². The van der Waals surface area contributed by atoms with Crippen LogP contribution in [0.2, 0.25) is 0 Å². The van der Waals surface area contributed by atoms with Crippen molar-refractivity contribution in [3.63, 3.8) is 0 Å². The normalized spacial score (nSPS) is 15.8. The molecule has 1 aliphatic rings. The summed E-state index contributed by atoms with van der Waals surface area (Å²) in [5, 5.41) is 4.44. The zero-order chi connectivity index (χ0) is 16.8. The first-order chi connectivity index (χ1) is 11.6. The molecular weight excluding hydrogens is 311 g/mol. The average Bonchev–Trinajstić information content (AvgIpc) is 3.31. The molecule has 24 heavy (non-hydrogen) atoms. The first-order valence-corrected chi connectivity index (χ1v) is 7.94. The predicted molar refractivity (Wildman–Crippen MR) is 87.8 cm³/mol. The number of halogens is 1. The Hall–Kier alpha value is -2.70. The molecule has 1 atom stereocenters. The fraction of sp³-hybridized carbons (Fsp3) is 0.353. The van der Waals surface area contributed by atoms with E-state index in [4.69, 9.17) is 0 Å². The molecular formula is C17H17FN4O2. The summed E-state index contributed by atoms with van der Waals surface area (Å²) in [5.74, 6) is 0.367. The van der Waals surface area contributed by atoms with Gasteiger partial charge in [-0.1, -0.05) is 29.8 Å². The van der Waals surface area contributed by atoms with Crippen molar-refractivity contribution in [1.82, 2.24) is 19.7 Å². The second-order valence-corrected chi connectivity index (χ2v) is 6.35. The van der Waals surface area contributed by atoms with Gasteiger partial charge in [0.2, 0.25) is 0 Å². The van der Waals surface area contributed by atoms with E-state index in [1.54, 1.807) is 4.68 Å². The van der Waals surface area contributed by atoms with Crippen molar-refractivity contribution in [2.24, 2.45) is 5.92 Å². The monoisotopic (exact) mass is 328 g/mol. The van der Waals surface area contributed by atoms with Crippen LogP contribution in [0.25, 0.3) is 11.0 Å². The Morgan fingerprint density at radius 2 is 1.96 bits per heavy atom. The summed E-state index contributed by atoms with van der Waals surface area (Å²) < 4.78 is 15.0. The van der Waals surface area contributed by atoms with E-state index in [0.29, 0.717) is 5.92 Å². The third-order valence-corrected chi connectivity index (χ3v) is 4.55. The van der Waals surface area contributed by atoms with Crippen LogP contribution in [-0.4, -0.2) is 19.7 Å². The maximum Gasteiger partial charge on any atom is 0.327 e. The van der Waals surface area contributed by atoms with Crippen LogP contribution in [0, 0.1) is 12.8 Å². The molecule has 0 radical (unpaired) electrons. The predicted octanol–water partition coefficient (Wildman–Crippen LogP) is 2.19. The molecule has 2 aromatic heterocycles. The number of alkyl halides is 1. The van der Waals surface area contributed by atoms with Crippen LogP contribution in [-0.2, 0) is 6.67 Å². The lowest BCUT2D eigenvalue weighted by molar-refractivity contribution is 0.444. The number of hydrogen-bond donors (Lipinski definition) is 2. The molecule has 0 saturated heterocycles. The smallest absolute Gasteiger partial charge is 0.291 e. The highest BCUT2D eigenvalue weighted by Crippen LogP contribution is 2.44. The average molecular weight is 328 g/mol. The van der Waals surface area contributed by atoms with Crippen LogP contribution in [0.4, 0.5) is 4.39 Å². The van der Waals surface area contributed by atoms with E-state index in [0.717, 1.165) is 24.0 Å². The number of aryl methyl sites for hydroxylation is 1. The van der Waals surface area contributed by atoms with Crippen molar-refractivity contribution in [3.8, 4) is 0 Å². The van der Waals surface area contributed by atoms with Crippen molar-refractivity contribution < 1.29 is 4.39 Å². The van der Waals surface area contributed by atoms with Crippen molar-refractivity contribution >= 4 is 11.0 Å². The third-order valence-electron chi connectivity index (χ3n) is 4.55. The molecule has 2 heterocycles. The van der Waals surface area contributed by atoms with Crippen LogP contribution < -0.4 is 11.2 Å². The molecule has 4 rings (SSSR count). The fourth-order valence-electron chi connectivity index (χ4n) is 3.23. The zero-order valence-electron chi connectivity index (χ0n) is 13.2. The second kappa shape index (κ2) is 5.43. The molecule has 0 aliphatic heterocycles. The number of hydrogen-bond acceptors (Lipinski definition) is 3. The largest absolute Gasteiger partial charge is 0.327 e. The van der Waals surface area contributed by atoms with E-state index in [-0.39, 0.29) is 22.8 Å². The number of benzene rings is 1. The van der Waals surface area contributed by atoms with Gasteiger partial charge in [0.15, 0.2) is 0 Å². The highest BCUT2D eigenvalue weighted by Gasteiger charge is 2.36. The number of aromatic amines is 2. The summed E-state index contributed by atoms with van der Waals surface area (Å²) >= 11 is 0. The van der Waals surface area contributed by atoms with Crippen molar-refractivity contribution in [3.05, 3.63) is 61.9 Å². The summed E-state index contributed by atoms with van der Waals surface area (Å²) in [7, 11) is 0. The van der Waals surface area contributed by atoms with Gasteiger partial charge in [0, 0.05) is 0 Å². The van der Waals surface area contributed by atoms with Gasteiger partial charge in [-0.2, -0.15) is 5.10 Å². The lowest BCUT2D eigenvalue weighted by Crippen LogP contribution is -2.24. The standard InChI is InChI=1S/C17H17FN4O2/c1-9-2-4-10(5-3-9)14(11-6-7-11)22-15-13(12(8-18)21-22)16(23)20-17(24)19-15/h2-5,11,14H,6-8H2,1H3,(H2,19,20,23,24). The van der Waals surface area contributed by atoms with Gasteiger partial charge in [-0.15, -0.1) is 0 Å². The molecule has 124 valence electrons.